The molecule has 3 rings (SSSR count). The molecule has 1 heterocycles. The Bertz CT molecular complexity index is 845. The zero-order valence-electron chi connectivity index (χ0n) is 12.7. The maximum absolute atomic E-state index is 12.3. The number of methoxy groups -OCH3 is 1. The number of amides is 1. The van der Waals surface area contributed by atoms with Gasteiger partial charge in [0.1, 0.15) is 5.75 Å². The lowest BCUT2D eigenvalue weighted by Crippen LogP contribution is -2.13. The van der Waals surface area contributed by atoms with E-state index in [1.807, 2.05) is 49.4 Å². The van der Waals surface area contributed by atoms with E-state index in [1.54, 1.807) is 13.2 Å². The summed E-state index contributed by atoms with van der Waals surface area (Å²) in [6.07, 6.45) is 0. The molecule has 0 saturated heterocycles. The van der Waals surface area contributed by atoms with E-state index in [2.05, 4.69) is 14.7 Å². The topological polar surface area (TPSA) is 64.1 Å². The van der Waals surface area contributed by atoms with Crippen molar-refractivity contribution in [3.05, 3.63) is 59.7 Å². The third-order valence-electron chi connectivity index (χ3n) is 3.38. The first-order chi connectivity index (χ1) is 11.2. The second-order valence-corrected chi connectivity index (χ2v) is 5.64. The fourth-order valence-corrected chi connectivity index (χ4v) is 2.78. The molecule has 1 N–H and O–H groups in total. The number of rotatable bonds is 4. The molecule has 6 heteroatoms. The Morgan fingerprint density at radius 1 is 1.13 bits per heavy atom. The van der Waals surface area contributed by atoms with Gasteiger partial charge in [-0.25, -0.2) is 0 Å². The van der Waals surface area contributed by atoms with E-state index in [4.69, 9.17) is 4.74 Å². The molecule has 0 spiro atoms. The van der Waals surface area contributed by atoms with Crippen LogP contribution in [0.25, 0.3) is 11.4 Å². The van der Waals surface area contributed by atoms with Crippen molar-refractivity contribution in [2.75, 3.05) is 12.4 Å². The molecule has 0 aliphatic carbocycles. The molecule has 0 atom stereocenters. The summed E-state index contributed by atoms with van der Waals surface area (Å²) in [7, 11) is 1.60. The predicted octanol–water partition coefficient (Wildman–Crippen LogP) is 3.77. The van der Waals surface area contributed by atoms with Crippen molar-refractivity contribution in [2.24, 2.45) is 0 Å². The van der Waals surface area contributed by atoms with E-state index in [9.17, 15) is 4.79 Å². The second kappa shape index (κ2) is 6.58. The van der Waals surface area contributed by atoms with E-state index >= 15 is 0 Å². The van der Waals surface area contributed by atoms with Gasteiger partial charge in [0.2, 0.25) is 5.13 Å². The minimum atomic E-state index is -0.189. The lowest BCUT2D eigenvalue weighted by atomic mass is 10.1. The van der Waals surface area contributed by atoms with E-state index in [-0.39, 0.29) is 5.91 Å². The number of nitrogens with zero attached hydrogens (tertiary/aromatic N) is 2. The molecule has 0 radical (unpaired) electrons. The number of hydrogen-bond donors (Lipinski definition) is 1. The van der Waals surface area contributed by atoms with Crippen molar-refractivity contribution in [1.29, 1.82) is 0 Å². The lowest BCUT2D eigenvalue weighted by Gasteiger charge is -2.05. The van der Waals surface area contributed by atoms with E-state index in [0.29, 0.717) is 22.3 Å². The van der Waals surface area contributed by atoms with Crippen LogP contribution >= 0.6 is 11.5 Å². The maximum Gasteiger partial charge on any atom is 0.257 e. The highest BCUT2D eigenvalue weighted by atomic mass is 32.1. The minimum Gasteiger partial charge on any atom is -0.496 e. The average molecular weight is 325 g/mol. The summed E-state index contributed by atoms with van der Waals surface area (Å²) in [5, 5.41) is 3.25. The standard InChI is InChI=1S/C17H15N3O2S/c1-11-7-3-4-8-12(11)16(21)19-17-18-15(20-23-17)13-9-5-6-10-14(13)22-2/h3-10H,1-2H3,(H,18,19,20,21). The van der Waals surface area contributed by atoms with Gasteiger partial charge in [0.25, 0.3) is 5.91 Å². The monoisotopic (exact) mass is 325 g/mol. The Kier molecular flexibility index (Phi) is 4.34. The van der Waals surface area contributed by atoms with Crippen LogP contribution in [0.5, 0.6) is 5.75 Å². The quantitative estimate of drug-likeness (QED) is 0.793. The molecule has 2 aromatic carbocycles. The van der Waals surface area contributed by atoms with Crippen molar-refractivity contribution in [3.63, 3.8) is 0 Å². The summed E-state index contributed by atoms with van der Waals surface area (Å²) in [5.74, 6) is 1.04. The molecule has 0 aliphatic heterocycles. The third-order valence-corrected chi connectivity index (χ3v) is 4.01. The van der Waals surface area contributed by atoms with Gasteiger partial charge in [-0.1, -0.05) is 30.3 Å². The number of para-hydroxylation sites is 1. The highest BCUT2D eigenvalue weighted by Gasteiger charge is 2.14. The summed E-state index contributed by atoms with van der Waals surface area (Å²) in [6.45, 7) is 1.90. The molecule has 0 fully saturated rings. The van der Waals surface area contributed by atoms with Crippen LogP contribution < -0.4 is 10.1 Å². The van der Waals surface area contributed by atoms with Crippen molar-refractivity contribution in [3.8, 4) is 17.1 Å². The summed E-state index contributed by atoms with van der Waals surface area (Å²) in [6, 6.07) is 14.9. The Morgan fingerprint density at radius 2 is 1.87 bits per heavy atom. The third kappa shape index (κ3) is 3.22. The number of hydrogen-bond acceptors (Lipinski definition) is 5. The summed E-state index contributed by atoms with van der Waals surface area (Å²) in [5.41, 5.74) is 2.34. The maximum atomic E-state index is 12.3. The van der Waals surface area contributed by atoms with Gasteiger partial charge >= 0.3 is 0 Å². The summed E-state index contributed by atoms with van der Waals surface area (Å²) in [4.78, 5) is 16.7. The number of aromatic nitrogens is 2. The fourth-order valence-electron chi connectivity index (χ4n) is 2.21. The van der Waals surface area contributed by atoms with Crippen LogP contribution in [-0.4, -0.2) is 22.4 Å². The van der Waals surface area contributed by atoms with Crippen LogP contribution in [0.4, 0.5) is 5.13 Å². The first-order valence-electron chi connectivity index (χ1n) is 7.03. The average Bonchev–Trinajstić information content (AvgIpc) is 3.03. The molecular formula is C17H15N3O2S. The number of ether oxygens (including phenoxy) is 1. The van der Waals surface area contributed by atoms with Gasteiger partial charge in [-0.2, -0.15) is 9.36 Å². The van der Waals surface area contributed by atoms with E-state index in [1.165, 1.54) is 0 Å². The molecule has 1 amide bonds. The Hall–Kier alpha value is -2.73. The molecule has 3 aromatic rings. The van der Waals surface area contributed by atoms with Crippen LogP contribution in [0, 0.1) is 6.92 Å². The number of carbonyl (C=O) groups is 1. The number of anilines is 1. The van der Waals surface area contributed by atoms with Crippen LogP contribution in [0.1, 0.15) is 15.9 Å². The number of aryl methyl sites for hydroxylation is 1. The van der Waals surface area contributed by atoms with Crippen molar-refractivity contribution < 1.29 is 9.53 Å². The molecule has 0 aliphatic rings. The predicted molar refractivity (Wildman–Crippen MR) is 91.0 cm³/mol. The van der Waals surface area contributed by atoms with Crippen molar-refractivity contribution in [1.82, 2.24) is 9.36 Å². The summed E-state index contributed by atoms with van der Waals surface area (Å²) >= 11 is 1.14. The highest BCUT2D eigenvalue weighted by Crippen LogP contribution is 2.29. The molecule has 1 aromatic heterocycles. The number of benzene rings is 2. The molecule has 0 unspecified atom stereocenters. The molecule has 5 nitrogen and oxygen atoms in total. The van der Waals surface area contributed by atoms with Gasteiger partial charge in [0.15, 0.2) is 5.82 Å². The van der Waals surface area contributed by atoms with Gasteiger partial charge in [0, 0.05) is 17.1 Å². The first-order valence-corrected chi connectivity index (χ1v) is 7.80. The van der Waals surface area contributed by atoms with Crippen LogP contribution in [-0.2, 0) is 0 Å². The fraction of sp³-hybridized carbons (Fsp3) is 0.118. The SMILES string of the molecule is COc1ccccc1-c1nsc(NC(=O)c2ccccc2C)n1. The van der Waals surface area contributed by atoms with Crippen LogP contribution in [0.3, 0.4) is 0 Å². The van der Waals surface area contributed by atoms with Gasteiger partial charge < -0.3 is 4.74 Å². The second-order valence-electron chi connectivity index (χ2n) is 4.89. The number of carbonyl (C=O) groups excluding carboxylic acids is 1. The first kappa shape index (κ1) is 15.2. The lowest BCUT2D eigenvalue weighted by molar-refractivity contribution is 0.102. The highest BCUT2D eigenvalue weighted by molar-refractivity contribution is 7.10. The van der Waals surface area contributed by atoms with Crippen LogP contribution in [0.2, 0.25) is 0 Å². The van der Waals surface area contributed by atoms with Crippen LogP contribution in [0.15, 0.2) is 48.5 Å². The van der Waals surface area contributed by atoms with Gasteiger partial charge in [-0.3, -0.25) is 10.1 Å². The Balaban J connectivity index is 1.83. The molecule has 0 saturated carbocycles. The zero-order chi connectivity index (χ0) is 16.2. The Labute approximate surface area is 138 Å². The Morgan fingerprint density at radius 3 is 2.65 bits per heavy atom. The zero-order valence-corrected chi connectivity index (χ0v) is 13.6. The minimum absolute atomic E-state index is 0.189. The largest absolute Gasteiger partial charge is 0.496 e. The molecule has 0 bridgehead atoms. The van der Waals surface area contributed by atoms with Crippen molar-refractivity contribution >= 4 is 22.6 Å². The molecule has 116 valence electrons. The summed E-state index contributed by atoms with van der Waals surface area (Å²) < 4.78 is 9.61. The van der Waals surface area contributed by atoms with E-state index in [0.717, 1.165) is 22.7 Å². The van der Waals surface area contributed by atoms with Gasteiger partial charge in [0.05, 0.1) is 12.7 Å². The number of nitrogens with one attached hydrogen (secondary N) is 1. The molecular weight excluding hydrogens is 310 g/mol. The van der Waals surface area contributed by atoms with Gasteiger partial charge in [-0.15, -0.1) is 0 Å². The smallest absolute Gasteiger partial charge is 0.257 e. The van der Waals surface area contributed by atoms with Gasteiger partial charge in [-0.05, 0) is 30.7 Å². The normalized spacial score (nSPS) is 10.3. The van der Waals surface area contributed by atoms with Crippen molar-refractivity contribution in [2.45, 2.75) is 6.92 Å². The van der Waals surface area contributed by atoms with E-state index < -0.39 is 0 Å². The molecule has 23 heavy (non-hydrogen) atoms.